The monoisotopic (exact) mass is 484 g/mol. The molecule has 0 amide bonds. The third-order valence-corrected chi connectivity index (χ3v) is 6.31. The quantitative estimate of drug-likeness (QED) is 0.421. The maximum absolute atomic E-state index is 13.7. The summed E-state index contributed by atoms with van der Waals surface area (Å²) in [6, 6.07) is 6.56. The molecule has 0 fully saturated rings. The van der Waals surface area contributed by atoms with Crippen molar-refractivity contribution in [2.24, 2.45) is 11.8 Å². The molecular formula is C26H26F6O2. The van der Waals surface area contributed by atoms with Crippen LogP contribution in [0.15, 0.2) is 36.4 Å². The maximum atomic E-state index is 13.7. The van der Waals surface area contributed by atoms with Gasteiger partial charge in [0, 0.05) is 23.0 Å². The Hall–Kier alpha value is -2.64. The number of hydrogen-bond acceptors (Lipinski definition) is 2. The lowest BCUT2D eigenvalue weighted by molar-refractivity contribution is -0.133. The van der Waals surface area contributed by atoms with Crippen LogP contribution in [-0.2, 0) is 21.4 Å². The molecule has 2 atom stereocenters. The predicted molar refractivity (Wildman–Crippen MR) is 115 cm³/mol. The highest BCUT2D eigenvalue weighted by Crippen LogP contribution is 2.47. The van der Waals surface area contributed by atoms with Crippen molar-refractivity contribution in [2.45, 2.75) is 64.2 Å². The molecule has 0 heterocycles. The highest BCUT2D eigenvalue weighted by Gasteiger charge is 2.47. The Labute approximate surface area is 194 Å². The van der Waals surface area contributed by atoms with E-state index in [1.54, 1.807) is 27.7 Å². The van der Waals surface area contributed by atoms with Crippen LogP contribution in [0, 0.1) is 23.5 Å². The second-order valence-corrected chi connectivity index (χ2v) is 9.60. The van der Waals surface area contributed by atoms with Gasteiger partial charge in [-0.1, -0.05) is 39.8 Å². The smallest absolute Gasteiger partial charge is 0.280 e. The van der Waals surface area contributed by atoms with Crippen molar-refractivity contribution in [3.05, 3.63) is 70.3 Å². The fourth-order valence-electron chi connectivity index (χ4n) is 4.89. The van der Waals surface area contributed by atoms with Crippen LogP contribution in [0.5, 0.6) is 0 Å². The van der Waals surface area contributed by atoms with Crippen molar-refractivity contribution in [3.63, 3.8) is 0 Å². The summed E-state index contributed by atoms with van der Waals surface area (Å²) in [4.78, 5) is 23.5. The zero-order chi connectivity index (χ0) is 25.6. The van der Waals surface area contributed by atoms with Crippen LogP contribution in [0.1, 0.15) is 74.6 Å². The number of Topliss-reactive ketones (excluding diaryl/α,β-unsaturated/α-hetero) is 2. The number of hydrogen-bond donors (Lipinski definition) is 0. The number of halogens is 6. The summed E-state index contributed by atoms with van der Waals surface area (Å²) in [6.45, 7) is 7.22. The lowest BCUT2D eigenvalue weighted by Crippen LogP contribution is -2.33. The molecule has 8 heteroatoms. The summed E-state index contributed by atoms with van der Waals surface area (Å²) in [7, 11) is 0. The van der Waals surface area contributed by atoms with Gasteiger partial charge in [0.25, 0.3) is 11.8 Å². The molecule has 2 aliphatic rings. The maximum Gasteiger partial charge on any atom is 0.280 e. The molecule has 2 aliphatic carbocycles. The van der Waals surface area contributed by atoms with Gasteiger partial charge in [0.1, 0.15) is 23.2 Å². The van der Waals surface area contributed by atoms with E-state index >= 15 is 0 Å². The first-order valence-electron chi connectivity index (χ1n) is 11.1. The topological polar surface area (TPSA) is 34.1 Å². The number of carbonyl (C=O) groups excluding carboxylic acids is 2. The van der Waals surface area contributed by atoms with Crippen LogP contribution < -0.4 is 0 Å². The van der Waals surface area contributed by atoms with Crippen molar-refractivity contribution in [1.82, 2.24) is 0 Å². The third-order valence-electron chi connectivity index (χ3n) is 6.31. The minimum absolute atomic E-state index is 0.0668. The predicted octanol–water partition coefficient (Wildman–Crippen LogP) is 7.26. The van der Waals surface area contributed by atoms with Gasteiger partial charge >= 0.3 is 0 Å². The van der Waals surface area contributed by atoms with Crippen LogP contribution >= 0.6 is 0 Å². The molecule has 0 bridgehead atoms. The van der Waals surface area contributed by atoms with Crippen molar-refractivity contribution in [1.29, 1.82) is 0 Å². The van der Waals surface area contributed by atoms with Crippen molar-refractivity contribution < 1.29 is 35.9 Å². The van der Waals surface area contributed by atoms with Crippen LogP contribution in [-0.4, -0.2) is 11.6 Å². The first-order chi connectivity index (χ1) is 15.7. The molecule has 0 N–H and O–H groups in total. The number of carbonyl (C=O) groups is 2. The zero-order valence-corrected chi connectivity index (χ0v) is 19.3. The van der Waals surface area contributed by atoms with Gasteiger partial charge in [-0.2, -0.15) is 0 Å². The van der Waals surface area contributed by atoms with Crippen LogP contribution in [0.2, 0.25) is 0 Å². The second kappa shape index (κ2) is 9.19. The molecular weight excluding hydrogens is 458 g/mol. The molecule has 0 aliphatic heterocycles. The Balaban J connectivity index is 0.000000191. The summed E-state index contributed by atoms with van der Waals surface area (Å²) in [5, 5.41) is 0. The Kier molecular flexibility index (Phi) is 7.02. The SMILES string of the molecule is CC(C)C1C(=O)CC(F)(F)c2cc(F)ccc21.CC(C)[C@@H]1C(=O)CC(F)(F)c2cc(F)ccc21. The first-order valence-corrected chi connectivity index (χ1v) is 11.1. The van der Waals surface area contributed by atoms with E-state index in [0.29, 0.717) is 0 Å². The van der Waals surface area contributed by atoms with E-state index in [0.717, 1.165) is 24.3 Å². The second-order valence-electron chi connectivity index (χ2n) is 9.60. The van der Waals surface area contributed by atoms with Crippen molar-refractivity contribution >= 4 is 11.6 Å². The molecule has 184 valence electrons. The number of benzene rings is 2. The highest BCUT2D eigenvalue weighted by molar-refractivity contribution is 5.90. The Bertz CT molecular complexity index is 1020. The lowest BCUT2D eigenvalue weighted by Gasteiger charge is -2.32. The standard InChI is InChI=1S/2C13H13F3O/c2*1-7(2)12-9-4-3-8(14)5-10(9)13(15,16)6-11(12)17/h2*3-5,7,12H,6H2,1-2H3/t12-;/m0./s1. The van der Waals surface area contributed by atoms with Gasteiger partial charge in [-0.05, 0) is 47.2 Å². The summed E-state index contributed by atoms with van der Waals surface area (Å²) >= 11 is 0. The van der Waals surface area contributed by atoms with E-state index < -0.39 is 59.7 Å². The number of fused-ring (bicyclic) bond motifs is 2. The summed E-state index contributed by atoms with van der Waals surface area (Å²) < 4.78 is 80.8. The molecule has 0 spiro atoms. The van der Waals surface area contributed by atoms with E-state index in [1.807, 2.05) is 0 Å². The number of alkyl halides is 4. The molecule has 0 aromatic heterocycles. The largest absolute Gasteiger partial charge is 0.299 e. The average molecular weight is 484 g/mol. The van der Waals surface area contributed by atoms with Gasteiger partial charge in [-0.25, -0.2) is 26.3 Å². The Morgan fingerprint density at radius 1 is 0.676 bits per heavy atom. The van der Waals surface area contributed by atoms with E-state index in [-0.39, 0.29) is 34.1 Å². The van der Waals surface area contributed by atoms with Gasteiger partial charge in [0.15, 0.2) is 0 Å². The van der Waals surface area contributed by atoms with Crippen LogP contribution in [0.3, 0.4) is 0 Å². The van der Waals surface area contributed by atoms with E-state index in [9.17, 15) is 35.9 Å². The first kappa shape index (κ1) is 26.0. The molecule has 1 unspecified atom stereocenters. The van der Waals surface area contributed by atoms with E-state index in [1.165, 1.54) is 12.1 Å². The van der Waals surface area contributed by atoms with Gasteiger partial charge in [-0.15, -0.1) is 0 Å². The minimum Gasteiger partial charge on any atom is -0.299 e. The molecule has 4 rings (SSSR count). The van der Waals surface area contributed by atoms with Gasteiger partial charge in [0.05, 0.1) is 12.8 Å². The van der Waals surface area contributed by atoms with Crippen molar-refractivity contribution in [3.8, 4) is 0 Å². The molecule has 0 radical (unpaired) electrons. The molecule has 34 heavy (non-hydrogen) atoms. The summed E-state index contributed by atoms with van der Waals surface area (Å²) in [6.07, 6.45) is -1.65. The van der Waals surface area contributed by atoms with Crippen LogP contribution in [0.4, 0.5) is 26.3 Å². The van der Waals surface area contributed by atoms with E-state index in [4.69, 9.17) is 0 Å². The van der Waals surface area contributed by atoms with Gasteiger partial charge in [0.2, 0.25) is 0 Å². The summed E-state index contributed by atoms with van der Waals surface area (Å²) in [5.74, 6) is -10.1. The van der Waals surface area contributed by atoms with Gasteiger partial charge < -0.3 is 0 Å². The zero-order valence-electron chi connectivity index (χ0n) is 19.3. The normalized spacial score (nSPS) is 22.7. The molecule has 0 saturated carbocycles. The van der Waals surface area contributed by atoms with Crippen molar-refractivity contribution in [2.75, 3.05) is 0 Å². The van der Waals surface area contributed by atoms with Crippen LogP contribution in [0.25, 0.3) is 0 Å². The summed E-state index contributed by atoms with van der Waals surface area (Å²) in [5.41, 5.74) is -0.142. The number of ketones is 2. The minimum atomic E-state index is -3.25. The third kappa shape index (κ3) is 4.91. The van der Waals surface area contributed by atoms with Gasteiger partial charge in [-0.3, -0.25) is 9.59 Å². The molecule has 2 aromatic rings. The highest BCUT2D eigenvalue weighted by atomic mass is 19.3. The molecule has 2 aromatic carbocycles. The lowest BCUT2D eigenvalue weighted by atomic mass is 9.74. The fraction of sp³-hybridized carbons (Fsp3) is 0.462. The average Bonchev–Trinajstić information content (AvgIpc) is 2.68. The molecule has 2 nitrogen and oxygen atoms in total. The Morgan fingerprint density at radius 2 is 1.00 bits per heavy atom. The fourth-order valence-corrected chi connectivity index (χ4v) is 4.89. The molecule has 0 saturated heterocycles. The van der Waals surface area contributed by atoms with E-state index in [2.05, 4.69) is 0 Å². The Morgan fingerprint density at radius 3 is 1.29 bits per heavy atom. The number of rotatable bonds is 2.